The summed E-state index contributed by atoms with van der Waals surface area (Å²) in [6.07, 6.45) is 5.51. The standard InChI is InChI=1S/C27H38N6O4S/c1-5-10-23-28-19(4)24-26(34)29-25(30-33(23)24)21-17-20(11-12-22(21)37-7-3)38(35,36)32-16-9-14-27(18-32)13-8-15-31(27)6-2/h11-12,17H,5-10,13-16,18H2,1-4H3,(H,29,30,34). The zero-order valence-corrected chi connectivity index (χ0v) is 23.6. The largest absolute Gasteiger partial charge is 0.493 e. The van der Waals surface area contributed by atoms with Gasteiger partial charge in [-0.15, -0.1) is 5.10 Å². The molecule has 1 N–H and O–H groups in total. The third-order valence-corrected chi connectivity index (χ3v) is 9.84. The molecule has 2 aliphatic rings. The molecule has 3 aromatic rings. The summed E-state index contributed by atoms with van der Waals surface area (Å²) in [4.78, 5) is 23.1. The number of fused-ring (bicyclic) bond motifs is 1. The van der Waals surface area contributed by atoms with E-state index in [4.69, 9.17) is 9.84 Å². The van der Waals surface area contributed by atoms with Crippen LogP contribution in [0.3, 0.4) is 0 Å². The van der Waals surface area contributed by atoms with Gasteiger partial charge in [0.2, 0.25) is 10.0 Å². The molecular formula is C27H38N6O4S. The molecular weight excluding hydrogens is 504 g/mol. The Bertz CT molecular complexity index is 1500. The summed E-state index contributed by atoms with van der Waals surface area (Å²) in [5.41, 5.74) is 1.04. The molecule has 1 spiro atoms. The zero-order chi connectivity index (χ0) is 27.1. The minimum atomic E-state index is -3.77. The summed E-state index contributed by atoms with van der Waals surface area (Å²) in [5.74, 6) is 1.41. The average Bonchev–Trinajstić information content (AvgIpc) is 3.44. The molecule has 2 aliphatic heterocycles. The number of aromatic amines is 1. The first-order chi connectivity index (χ1) is 18.2. The Labute approximate surface area is 224 Å². The van der Waals surface area contributed by atoms with E-state index < -0.39 is 10.0 Å². The first-order valence-corrected chi connectivity index (χ1v) is 15.2. The fraction of sp³-hybridized carbons (Fsp3) is 0.593. The summed E-state index contributed by atoms with van der Waals surface area (Å²) >= 11 is 0. The number of likely N-dealkylation sites (N-methyl/N-ethyl adjacent to an activating group) is 1. The first kappa shape index (κ1) is 26.8. The van der Waals surface area contributed by atoms with Gasteiger partial charge in [-0.25, -0.2) is 17.9 Å². The molecule has 1 atom stereocenters. The Morgan fingerprint density at radius 3 is 2.61 bits per heavy atom. The van der Waals surface area contributed by atoms with Crippen LogP contribution >= 0.6 is 0 Å². The number of likely N-dealkylation sites (tertiary alicyclic amines) is 1. The SMILES string of the molecule is CCCc1nc(C)c2c(=O)[nH]c(-c3cc(S(=O)(=O)N4CCCC5(CCCN5CC)C4)ccc3OCC)nn12. The van der Waals surface area contributed by atoms with Crippen LogP contribution in [0.4, 0.5) is 0 Å². The van der Waals surface area contributed by atoms with Crippen LogP contribution in [-0.4, -0.2) is 75.5 Å². The summed E-state index contributed by atoms with van der Waals surface area (Å²) in [6.45, 7) is 11.2. The highest BCUT2D eigenvalue weighted by atomic mass is 32.2. The number of aryl methyl sites for hydroxylation is 2. The lowest BCUT2D eigenvalue weighted by Crippen LogP contribution is -2.56. The van der Waals surface area contributed by atoms with Crippen molar-refractivity contribution in [3.05, 3.63) is 40.1 Å². The van der Waals surface area contributed by atoms with Gasteiger partial charge in [0.05, 0.1) is 22.8 Å². The van der Waals surface area contributed by atoms with Crippen LogP contribution in [0.1, 0.15) is 64.4 Å². The predicted octanol–water partition coefficient (Wildman–Crippen LogP) is 3.38. The van der Waals surface area contributed by atoms with Gasteiger partial charge in [-0.05, 0) is 77.2 Å². The van der Waals surface area contributed by atoms with Crippen LogP contribution in [0.2, 0.25) is 0 Å². The van der Waals surface area contributed by atoms with Crippen molar-refractivity contribution in [3.63, 3.8) is 0 Å². The van der Waals surface area contributed by atoms with Crippen LogP contribution in [0, 0.1) is 6.92 Å². The summed E-state index contributed by atoms with van der Waals surface area (Å²) in [5, 5.41) is 4.71. The number of nitrogens with one attached hydrogen (secondary N) is 1. The molecule has 2 saturated heterocycles. The molecule has 1 unspecified atom stereocenters. The number of sulfonamides is 1. The van der Waals surface area contributed by atoms with Crippen LogP contribution < -0.4 is 10.3 Å². The fourth-order valence-corrected chi connectivity index (χ4v) is 7.84. The molecule has 0 saturated carbocycles. The van der Waals surface area contributed by atoms with Crippen molar-refractivity contribution in [2.24, 2.45) is 0 Å². The van der Waals surface area contributed by atoms with E-state index in [9.17, 15) is 13.2 Å². The van der Waals surface area contributed by atoms with Gasteiger partial charge in [0.15, 0.2) is 11.3 Å². The molecule has 0 radical (unpaired) electrons. The number of imidazole rings is 1. The lowest BCUT2D eigenvalue weighted by atomic mass is 9.87. The van der Waals surface area contributed by atoms with Gasteiger partial charge < -0.3 is 9.72 Å². The molecule has 38 heavy (non-hydrogen) atoms. The predicted molar refractivity (Wildman–Crippen MR) is 146 cm³/mol. The first-order valence-electron chi connectivity index (χ1n) is 13.7. The average molecular weight is 543 g/mol. The third-order valence-electron chi connectivity index (χ3n) is 8.00. The van der Waals surface area contributed by atoms with E-state index in [1.165, 1.54) is 0 Å². The van der Waals surface area contributed by atoms with E-state index in [-0.39, 0.29) is 21.8 Å². The maximum absolute atomic E-state index is 14.0. The minimum absolute atomic E-state index is 0.0824. The number of H-pyrrole nitrogens is 1. The number of ether oxygens (including phenoxy) is 1. The van der Waals surface area contributed by atoms with Crippen molar-refractivity contribution < 1.29 is 13.2 Å². The number of hydrogen-bond donors (Lipinski definition) is 1. The number of hydrogen-bond acceptors (Lipinski definition) is 7. The van der Waals surface area contributed by atoms with Gasteiger partial charge in [-0.2, -0.15) is 4.31 Å². The van der Waals surface area contributed by atoms with E-state index >= 15 is 0 Å². The summed E-state index contributed by atoms with van der Waals surface area (Å²) in [6, 6.07) is 4.84. The molecule has 5 rings (SSSR count). The molecule has 0 aliphatic carbocycles. The van der Waals surface area contributed by atoms with Crippen LogP contribution in [0.5, 0.6) is 5.75 Å². The summed E-state index contributed by atoms with van der Waals surface area (Å²) < 4.78 is 37.0. The second-order valence-corrected chi connectivity index (χ2v) is 12.3. The van der Waals surface area contributed by atoms with Crippen molar-refractivity contribution in [3.8, 4) is 17.1 Å². The van der Waals surface area contributed by atoms with Crippen molar-refractivity contribution in [2.45, 2.75) is 76.7 Å². The highest BCUT2D eigenvalue weighted by molar-refractivity contribution is 7.89. The van der Waals surface area contributed by atoms with E-state index in [1.54, 1.807) is 33.9 Å². The van der Waals surface area contributed by atoms with Crippen LogP contribution in [0.15, 0.2) is 27.9 Å². The number of benzene rings is 1. The highest BCUT2D eigenvalue weighted by Gasteiger charge is 2.46. The zero-order valence-electron chi connectivity index (χ0n) is 22.8. The Hall–Kier alpha value is -2.76. The van der Waals surface area contributed by atoms with Gasteiger partial charge >= 0.3 is 0 Å². The van der Waals surface area contributed by atoms with E-state index in [1.807, 2.05) is 13.8 Å². The number of rotatable bonds is 8. The van der Waals surface area contributed by atoms with E-state index in [0.29, 0.717) is 54.5 Å². The molecule has 1 aromatic carbocycles. The lowest BCUT2D eigenvalue weighted by molar-refractivity contribution is 0.0788. The van der Waals surface area contributed by atoms with E-state index in [2.05, 4.69) is 21.8 Å². The monoisotopic (exact) mass is 542 g/mol. The molecule has 0 amide bonds. The Morgan fingerprint density at radius 1 is 1.13 bits per heavy atom. The second-order valence-electron chi connectivity index (χ2n) is 10.4. The third kappa shape index (κ3) is 4.54. The molecule has 2 aromatic heterocycles. The van der Waals surface area contributed by atoms with Crippen molar-refractivity contribution in [1.82, 2.24) is 28.8 Å². The lowest BCUT2D eigenvalue weighted by Gasteiger charge is -2.45. The smallest absolute Gasteiger partial charge is 0.277 e. The topological polar surface area (TPSA) is 113 Å². The molecule has 206 valence electrons. The van der Waals surface area contributed by atoms with Crippen molar-refractivity contribution in [2.75, 3.05) is 32.8 Å². The highest BCUT2D eigenvalue weighted by Crippen LogP contribution is 2.39. The molecule has 10 nitrogen and oxygen atoms in total. The normalized spacial score (nSPS) is 21.1. The van der Waals surface area contributed by atoms with Gasteiger partial charge in [0.25, 0.3) is 5.56 Å². The molecule has 2 fully saturated rings. The minimum Gasteiger partial charge on any atom is -0.493 e. The van der Waals surface area contributed by atoms with Gasteiger partial charge in [0, 0.05) is 25.0 Å². The van der Waals surface area contributed by atoms with E-state index in [0.717, 1.165) is 45.2 Å². The maximum Gasteiger partial charge on any atom is 0.277 e. The quantitative estimate of drug-likeness (QED) is 0.464. The molecule has 0 bridgehead atoms. The van der Waals surface area contributed by atoms with Crippen LogP contribution in [-0.2, 0) is 16.4 Å². The summed E-state index contributed by atoms with van der Waals surface area (Å²) in [7, 11) is -3.77. The number of aromatic nitrogens is 4. The number of nitrogens with zero attached hydrogens (tertiary/aromatic N) is 5. The fourth-order valence-electron chi connectivity index (χ4n) is 6.25. The Morgan fingerprint density at radius 2 is 1.89 bits per heavy atom. The van der Waals surface area contributed by atoms with Crippen molar-refractivity contribution >= 4 is 15.5 Å². The number of piperidine rings is 1. The van der Waals surface area contributed by atoms with Gasteiger partial charge in [0.1, 0.15) is 11.6 Å². The van der Waals surface area contributed by atoms with Crippen molar-refractivity contribution in [1.29, 1.82) is 0 Å². The Kier molecular flexibility index (Phi) is 7.36. The molecule has 4 heterocycles. The Balaban J connectivity index is 1.58. The van der Waals surface area contributed by atoms with Crippen LogP contribution in [0.25, 0.3) is 16.9 Å². The second kappa shape index (κ2) is 10.4. The van der Waals surface area contributed by atoms with Gasteiger partial charge in [-0.1, -0.05) is 13.8 Å². The maximum atomic E-state index is 14.0. The van der Waals surface area contributed by atoms with Gasteiger partial charge in [-0.3, -0.25) is 9.69 Å². The molecule has 11 heteroatoms.